The Kier molecular flexibility index (Phi) is 11.1. The molecule has 0 saturated heterocycles. The minimum atomic E-state index is -0.0479. The van der Waals surface area contributed by atoms with E-state index in [4.69, 9.17) is 0 Å². The van der Waals surface area contributed by atoms with Gasteiger partial charge in [-0.05, 0) is 53.4 Å². The fraction of sp³-hybridized carbons (Fsp3) is 0.243. The predicted molar refractivity (Wildman–Crippen MR) is 164 cm³/mol. The molecular formula is C37H38IrN2-2. The number of nitrogens with zero attached hydrogens (tertiary/aromatic N) is 2. The summed E-state index contributed by atoms with van der Waals surface area (Å²) in [6, 6.07) is 37.7. The number of hydrogen-bond acceptors (Lipinski definition) is 2. The number of rotatable bonds is 6. The minimum Gasteiger partial charge on any atom is -0.305 e. The van der Waals surface area contributed by atoms with E-state index >= 15 is 0 Å². The van der Waals surface area contributed by atoms with Gasteiger partial charge in [-0.3, -0.25) is 0 Å². The van der Waals surface area contributed by atoms with Gasteiger partial charge in [-0.15, -0.1) is 71.3 Å². The van der Waals surface area contributed by atoms with E-state index < -0.39 is 0 Å². The van der Waals surface area contributed by atoms with E-state index in [1.165, 1.54) is 27.8 Å². The van der Waals surface area contributed by atoms with Gasteiger partial charge in [0.2, 0.25) is 0 Å². The van der Waals surface area contributed by atoms with Gasteiger partial charge in [0, 0.05) is 37.9 Å². The molecule has 5 rings (SSSR count). The number of aryl methyl sites for hydroxylation is 2. The standard InChI is InChI=1S/C20H18N.C17H20N.Ir/c1-20(2,17-11-7-4-8-12-17)18-13-14-21-19(15-18)16-9-5-3-6-10-16;1-12(2)9-16-10-17(18-11-14(16)4)15-7-5-13(3)6-8-15;/h3-9,11-15H,1-2H3;5-7,10-12H,9H2,1-4H3;/q2*-1;. The average Bonchev–Trinajstić information content (AvgIpc) is 2.96. The maximum atomic E-state index is 4.51. The number of pyridine rings is 2. The Morgan fingerprint density at radius 3 is 2.10 bits per heavy atom. The van der Waals surface area contributed by atoms with Crippen LogP contribution in [0.4, 0.5) is 0 Å². The van der Waals surface area contributed by atoms with E-state index in [2.05, 4.69) is 124 Å². The molecule has 0 fully saturated rings. The summed E-state index contributed by atoms with van der Waals surface area (Å²) >= 11 is 0. The van der Waals surface area contributed by atoms with Crippen LogP contribution < -0.4 is 0 Å². The first-order valence-electron chi connectivity index (χ1n) is 13.7. The second-order valence-corrected chi connectivity index (χ2v) is 11.1. The van der Waals surface area contributed by atoms with Gasteiger partial charge >= 0.3 is 0 Å². The summed E-state index contributed by atoms with van der Waals surface area (Å²) in [5, 5.41) is 0. The molecule has 0 atom stereocenters. The van der Waals surface area contributed by atoms with Crippen LogP contribution in [0.25, 0.3) is 22.5 Å². The van der Waals surface area contributed by atoms with Crippen molar-refractivity contribution in [3.8, 4) is 22.5 Å². The largest absolute Gasteiger partial charge is 0.305 e. The Labute approximate surface area is 254 Å². The van der Waals surface area contributed by atoms with Gasteiger partial charge < -0.3 is 9.97 Å². The van der Waals surface area contributed by atoms with E-state index in [9.17, 15) is 0 Å². The molecule has 1 radical (unpaired) electrons. The molecule has 2 aromatic heterocycles. The minimum absolute atomic E-state index is 0. The predicted octanol–water partition coefficient (Wildman–Crippen LogP) is 9.24. The molecule has 3 heteroatoms. The summed E-state index contributed by atoms with van der Waals surface area (Å²) in [5.41, 5.74) is 10.5. The molecule has 0 aliphatic carbocycles. The van der Waals surface area contributed by atoms with Crippen LogP contribution in [-0.2, 0) is 31.9 Å². The first kappa shape index (κ1) is 31.1. The summed E-state index contributed by atoms with van der Waals surface area (Å²) in [7, 11) is 0. The molecule has 0 bridgehead atoms. The normalized spacial score (nSPS) is 10.9. The summed E-state index contributed by atoms with van der Waals surface area (Å²) in [4.78, 5) is 9.00. The SMILES string of the molecule is CC(C)(c1ccccc1)c1ccnc(-c2[c-]cccc2)c1.Cc1c[c-]c(-c2cc(CC(C)C)c(C)cn2)cc1.[Ir]. The molecule has 40 heavy (non-hydrogen) atoms. The van der Waals surface area contributed by atoms with Gasteiger partial charge in [-0.2, -0.15) is 0 Å². The Morgan fingerprint density at radius 2 is 1.45 bits per heavy atom. The zero-order chi connectivity index (χ0) is 27.8. The monoisotopic (exact) mass is 703 g/mol. The van der Waals surface area contributed by atoms with Crippen LogP contribution in [0.1, 0.15) is 55.5 Å². The molecule has 0 unspecified atom stereocenters. The Morgan fingerprint density at radius 1 is 0.750 bits per heavy atom. The molecule has 2 heterocycles. The van der Waals surface area contributed by atoms with Crippen LogP contribution in [0.5, 0.6) is 0 Å². The molecule has 0 saturated carbocycles. The van der Waals surface area contributed by atoms with E-state index in [1.54, 1.807) is 0 Å². The topological polar surface area (TPSA) is 25.8 Å². The Balaban J connectivity index is 0.000000218. The smallest absolute Gasteiger partial charge is 0.0192 e. The van der Waals surface area contributed by atoms with Crippen LogP contribution in [-0.4, -0.2) is 9.97 Å². The molecule has 5 aromatic rings. The summed E-state index contributed by atoms with van der Waals surface area (Å²) in [6.45, 7) is 13.2. The quantitative estimate of drug-likeness (QED) is 0.165. The summed E-state index contributed by atoms with van der Waals surface area (Å²) < 4.78 is 0. The molecule has 0 aliphatic rings. The molecule has 0 amide bonds. The third-order valence-corrected chi connectivity index (χ3v) is 7.05. The van der Waals surface area contributed by atoms with Crippen LogP contribution >= 0.6 is 0 Å². The molecule has 0 aliphatic heterocycles. The maximum Gasteiger partial charge on any atom is 0.0192 e. The summed E-state index contributed by atoms with van der Waals surface area (Å²) in [6.07, 6.45) is 4.96. The first-order valence-corrected chi connectivity index (χ1v) is 13.7. The fourth-order valence-corrected chi connectivity index (χ4v) is 4.58. The van der Waals surface area contributed by atoms with Crippen LogP contribution in [0.3, 0.4) is 0 Å². The van der Waals surface area contributed by atoms with E-state index in [0.717, 1.165) is 28.9 Å². The first-order chi connectivity index (χ1) is 18.7. The van der Waals surface area contributed by atoms with Gasteiger partial charge in [0.05, 0.1) is 0 Å². The zero-order valence-corrected chi connectivity index (χ0v) is 26.7. The van der Waals surface area contributed by atoms with E-state index in [0.29, 0.717) is 5.92 Å². The van der Waals surface area contributed by atoms with Crippen LogP contribution in [0, 0.1) is 31.9 Å². The third-order valence-electron chi connectivity index (χ3n) is 7.05. The fourth-order valence-electron chi connectivity index (χ4n) is 4.58. The van der Waals surface area contributed by atoms with Crippen molar-refractivity contribution in [1.29, 1.82) is 0 Å². The van der Waals surface area contributed by atoms with E-state index in [-0.39, 0.29) is 25.5 Å². The van der Waals surface area contributed by atoms with Gasteiger partial charge in [-0.25, -0.2) is 0 Å². The van der Waals surface area contributed by atoms with Crippen molar-refractivity contribution >= 4 is 0 Å². The molecule has 0 spiro atoms. The van der Waals surface area contributed by atoms with Crippen molar-refractivity contribution in [2.45, 2.75) is 53.4 Å². The molecule has 207 valence electrons. The Hall–Kier alpha value is -3.39. The van der Waals surface area contributed by atoms with Gasteiger partial charge in [0.25, 0.3) is 0 Å². The van der Waals surface area contributed by atoms with Gasteiger partial charge in [0.15, 0.2) is 0 Å². The van der Waals surface area contributed by atoms with Crippen molar-refractivity contribution in [3.63, 3.8) is 0 Å². The van der Waals surface area contributed by atoms with Crippen molar-refractivity contribution in [2.24, 2.45) is 5.92 Å². The van der Waals surface area contributed by atoms with Crippen molar-refractivity contribution < 1.29 is 20.1 Å². The van der Waals surface area contributed by atoms with Gasteiger partial charge in [0.1, 0.15) is 0 Å². The van der Waals surface area contributed by atoms with Gasteiger partial charge in [-0.1, -0.05) is 82.6 Å². The van der Waals surface area contributed by atoms with Crippen molar-refractivity contribution in [2.75, 3.05) is 0 Å². The molecule has 3 aromatic carbocycles. The molecule has 0 N–H and O–H groups in total. The Bertz CT molecular complexity index is 1470. The van der Waals surface area contributed by atoms with E-state index in [1.807, 2.05) is 42.7 Å². The maximum absolute atomic E-state index is 4.51. The second-order valence-electron chi connectivity index (χ2n) is 11.1. The number of aromatic nitrogens is 2. The second kappa shape index (κ2) is 14.3. The van der Waals surface area contributed by atoms with Crippen LogP contribution in [0.15, 0.2) is 103 Å². The summed E-state index contributed by atoms with van der Waals surface area (Å²) in [5.74, 6) is 0.668. The molecule has 2 nitrogen and oxygen atoms in total. The third kappa shape index (κ3) is 8.07. The van der Waals surface area contributed by atoms with Crippen molar-refractivity contribution in [1.82, 2.24) is 9.97 Å². The zero-order valence-electron chi connectivity index (χ0n) is 24.3. The van der Waals surface area contributed by atoms with Crippen LogP contribution in [0.2, 0.25) is 0 Å². The number of hydrogen-bond donors (Lipinski definition) is 0. The molecular weight excluding hydrogens is 665 g/mol. The van der Waals surface area contributed by atoms with Crippen molar-refractivity contribution in [3.05, 3.63) is 143 Å². The number of benzene rings is 3. The average molecular weight is 703 g/mol.